The van der Waals surface area contributed by atoms with Crippen molar-refractivity contribution < 1.29 is 19.1 Å². The van der Waals surface area contributed by atoms with E-state index in [2.05, 4.69) is 97.1 Å². The van der Waals surface area contributed by atoms with Crippen molar-refractivity contribution in [2.75, 3.05) is 13.2 Å². The van der Waals surface area contributed by atoms with Gasteiger partial charge >= 0.3 is 11.9 Å². The SMILES string of the molecule is O=C(OCCCCCCCCCCCCCCCCCCCCCCCCCCCCCCCCOC(=O)c1ccc2ccc3cccc4ccc1c2c34)c1ccc2ccc3cccc4ccc1c2c34. The van der Waals surface area contributed by atoms with Gasteiger partial charge < -0.3 is 9.47 Å². The molecular formula is C66H82O4. The maximum absolute atomic E-state index is 13.1. The van der Waals surface area contributed by atoms with Crippen LogP contribution in [0.3, 0.4) is 0 Å². The molecule has 0 aliphatic rings. The molecule has 0 saturated heterocycles. The first kappa shape index (κ1) is 51.1. The summed E-state index contributed by atoms with van der Waals surface area (Å²) < 4.78 is 11.5. The molecule has 0 aliphatic heterocycles. The summed E-state index contributed by atoms with van der Waals surface area (Å²) in [6, 6.07) is 37.9. The lowest BCUT2D eigenvalue weighted by Gasteiger charge is -2.13. The average molecular weight is 939 g/mol. The lowest BCUT2D eigenvalue weighted by Crippen LogP contribution is -2.07. The van der Waals surface area contributed by atoms with E-state index in [0.29, 0.717) is 24.3 Å². The van der Waals surface area contributed by atoms with Gasteiger partial charge in [-0.05, 0) is 89.6 Å². The normalized spacial score (nSPS) is 11.9. The highest BCUT2D eigenvalue weighted by Crippen LogP contribution is 2.38. The number of unbranched alkanes of at least 4 members (excludes halogenated alkanes) is 29. The second kappa shape index (κ2) is 28.0. The number of hydrogen-bond donors (Lipinski definition) is 0. The summed E-state index contributed by atoms with van der Waals surface area (Å²) in [4.78, 5) is 26.2. The average Bonchev–Trinajstić information content (AvgIpc) is 3.39. The van der Waals surface area contributed by atoms with Gasteiger partial charge in [0.05, 0.1) is 24.3 Å². The molecule has 4 heteroatoms. The largest absolute Gasteiger partial charge is 0.462 e. The molecule has 0 bridgehead atoms. The van der Waals surface area contributed by atoms with Gasteiger partial charge in [-0.2, -0.15) is 0 Å². The topological polar surface area (TPSA) is 52.6 Å². The summed E-state index contributed by atoms with van der Waals surface area (Å²) in [5.74, 6) is -0.396. The number of carbonyl (C=O) groups is 2. The molecular weight excluding hydrogens is 857 g/mol. The molecule has 0 heterocycles. The van der Waals surface area contributed by atoms with Crippen molar-refractivity contribution in [2.24, 2.45) is 0 Å². The monoisotopic (exact) mass is 939 g/mol. The molecule has 8 aromatic rings. The zero-order valence-corrected chi connectivity index (χ0v) is 42.7. The zero-order valence-electron chi connectivity index (χ0n) is 42.7. The van der Waals surface area contributed by atoms with Gasteiger partial charge in [0, 0.05) is 0 Å². The Hall–Kier alpha value is -5.22. The van der Waals surface area contributed by atoms with Crippen LogP contribution in [-0.2, 0) is 9.47 Å². The Balaban J connectivity index is 0.516. The van der Waals surface area contributed by atoms with Crippen LogP contribution in [0.5, 0.6) is 0 Å². The second-order valence-electron chi connectivity index (χ2n) is 20.8. The van der Waals surface area contributed by atoms with Gasteiger partial charge in [0.1, 0.15) is 0 Å². The van der Waals surface area contributed by atoms with Crippen LogP contribution in [0.25, 0.3) is 64.6 Å². The van der Waals surface area contributed by atoms with Gasteiger partial charge in [-0.25, -0.2) is 9.59 Å². The number of benzene rings is 8. The third-order valence-electron chi connectivity index (χ3n) is 15.5. The number of esters is 2. The molecule has 0 fully saturated rings. The van der Waals surface area contributed by atoms with Crippen LogP contribution in [0, 0.1) is 0 Å². The van der Waals surface area contributed by atoms with Gasteiger partial charge in [0.25, 0.3) is 0 Å². The highest BCUT2D eigenvalue weighted by molar-refractivity contribution is 6.27. The highest BCUT2D eigenvalue weighted by atomic mass is 16.5. The fourth-order valence-corrected chi connectivity index (χ4v) is 11.5. The molecule has 0 atom stereocenters. The van der Waals surface area contributed by atoms with Gasteiger partial charge in [-0.15, -0.1) is 0 Å². The first-order valence-electron chi connectivity index (χ1n) is 28.3. The van der Waals surface area contributed by atoms with Gasteiger partial charge in [0.15, 0.2) is 0 Å². The third kappa shape index (κ3) is 14.2. The van der Waals surface area contributed by atoms with Gasteiger partial charge in [-0.3, -0.25) is 0 Å². The van der Waals surface area contributed by atoms with E-state index in [1.165, 1.54) is 221 Å². The fourth-order valence-electron chi connectivity index (χ4n) is 11.5. The van der Waals surface area contributed by atoms with Crippen molar-refractivity contribution in [3.63, 3.8) is 0 Å². The number of hydrogen-bond acceptors (Lipinski definition) is 4. The molecule has 0 amide bonds. The van der Waals surface area contributed by atoms with Crippen LogP contribution in [0.1, 0.15) is 213 Å². The summed E-state index contributed by atoms with van der Waals surface area (Å²) in [6.07, 6.45) is 40.1. The van der Waals surface area contributed by atoms with Crippen LogP contribution < -0.4 is 0 Å². The first-order valence-corrected chi connectivity index (χ1v) is 28.3. The van der Waals surface area contributed by atoms with Crippen LogP contribution in [-0.4, -0.2) is 25.2 Å². The minimum absolute atomic E-state index is 0.198. The van der Waals surface area contributed by atoms with Crippen LogP contribution >= 0.6 is 0 Å². The van der Waals surface area contributed by atoms with E-state index in [4.69, 9.17) is 9.47 Å². The van der Waals surface area contributed by atoms with E-state index in [9.17, 15) is 9.59 Å². The van der Waals surface area contributed by atoms with E-state index >= 15 is 0 Å². The van der Waals surface area contributed by atoms with Crippen molar-refractivity contribution in [1.29, 1.82) is 0 Å². The Morgan fingerprint density at radius 3 is 0.729 bits per heavy atom. The Bertz CT molecular complexity index is 2580. The fraction of sp³-hybridized carbons (Fsp3) is 0.485. The van der Waals surface area contributed by atoms with E-state index in [0.717, 1.165) is 36.5 Å². The molecule has 0 N–H and O–H groups in total. The first-order chi connectivity index (χ1) is 34.7. The Morgan fingerprint density at radius 2 is 0.457 bits per heavy atom. The van der Waals surface area contributed by atoms with Crippen molar-refractivity contribution in [2.45, 2.75) is 193 Å². The highest BCUT2D eigenvalue weighted by Gasteiger charge is 2.18. The maximum atomic E-state index is 13.1. The lowest BCUT2D eigenvalue weighted by molar-refractivity contribution is 0.0490. The summed E-state index contributed by atoms with van der Waals surface area (Å²) >= 11 is 0. The molecule has 0 radical (unpaired) electrons. The van der Waals surface area contributed by atoms with Gasteiger partial charge in [-0.1, -0.05) is 277 Å². The lowest BCUT2D eigenvalue weighted by atomic mass is 9.92. The number of rotatable bonds is 35. The zero-order chi connectivity index (χ0) is 48.0. The minimum Gasteiger partial charge on any atom is -0.462 e. The molecule has 8 rings (SSSR count). The van der Waals surface area contributed by atoms with E-state index in [-0.39, 0.29) is 11.9 Å². The quantitative estimate of drug-likeness (QED) is 0.0226. The van der Waals surface area contributed by atoms with E-state index in [1.54, 1.807) is 0 Å². The third-order valence-corrected chi connectivity index (χ3v) is 15.5. The maximum Gasteiger partial charge on any atom is 0.338 e. The van der Waals surface area contributed by atoms with Crippen molar-refractivity contribution in [3.8, 4) is 0 Å². The molecule has 4 nitrogen and oxygen atoms in total. The predicted octanol–water partition coefficient (Wildman–Crippen LogP) is 20.2. The summed E-state index contributed by atoms with van der Waals surface area (Å²) in [6.45, 7) is 1.01. The molecule has 0 saturated carbocycles. The molecule has 8 aromatic carbocycles. The summed E-state index contributed by atoms with van der Waals surface area (Å²) in [7, 11) is 0. The van der Waals surface area contributed by atoms with Gasteiger partial charge in [0.2, 0.25) is 0 Å². The molecule has 70 heavy (non-hydrogen) atoms. The molecule has 0 aromatic heterocycles. The number of carbonyl (C=O) groups excluding carboxylic acids is 2. The Morgan fingerprint density at radius 1 is 0.243 bits per heavy atom. The van der Waals surface area contributed by atoms with Crippen LogP contribution in [0.2, 0.25) is 0 Å². The molecule has 0 aliphatic carbocycles. The smallest absolute Gasteiger partial charge is 0.338 e. The van der Waals surface area contributed by atoms with E-state index in [1.807, 2.05) is 12.1 Å². The van der Waals surface area contributed by atoms with Crippen molar-refractivity contribution in [3.05, 3.63) is 120 Å². The van der Waals surface area contributed by atoms with E-state index < -0.39 is 0 Å². The molecule has 370 valence electrons. The second-order valence-corrected chi connectivity index (χ2v) is 20.8. The molecule has 0 spiro atoms. The van der Waals surface area contributed by atoms with Crippen molar-refractivity contribution >= 4 is 76.6 Å². The minimum atomic E-state index is -0.198. The number of ether oxygens (including phenoxy) is 2. The predicted molar refractivity (Wildman–Crippen MR) is 299 cm³/mol. The van der Waals surface area contributed by atoms with Crippen molar-refractivity contribution in [1.82, 2.24) is 0 Å². The standard InChI is InChI=1S/C66H82O4/c67-65(59-47-43-55-39-37-51-33-31-35-53-41-45-57(59)63(55)61(51)53)69-49-29-27-25-23-21-19-17-15-13-11-9-7-5-3-1-2-4-6-8-10-12-14-16-18-20-22-24-26-28-30-50-70-66(68)60-48-44-56-40-38-52-34-32-36-54-42-46-58(60)64(56)62(52)54/h31-48H,1-30,49-50H2. The van der Waals surface area contributed by atoms with Crippen LogP contribution in [0.4, 0.5) is 0 Å². The Kier molecular flexibility index (Phi) is 20.4. The Labute approximate surface area is 419 Å². The summed E-state index contributed by atoms with van der Waals surface area (Å²) in [5.41, 5.74) is 1.36. The summed E-state index contributed by atoms with van der Waals surface area (Å²) in [5, 5.41) is 14.0. The van der Waals surface area contributed by atoms with Crippen LogP contribution in [0.15, 0.2) is 109 Å². The molecule has 0 unspecified atom stereocenters.